The van der Waals surface area contributed by atoms with Crippen molar-refractivity contribution in [2.75, 3.05) is 0 Å². The summed E-state index contributed by atoms with van der Waals surface area (Å²) in [6.45, 7) is 0. The maximum atomic E-state index is 11.9. The molecule has 0 bridgehead atoms. The van der Waals surface area contributed by atoms with Crippen LogP contribution in [0.25, 0.3) is 0 Å². The topological polar surface area (TPSA) is 12.4 Å². The smallest absolute Gasteiger partial charge is 0.273 e. The van der Waals surface area contributed by atoms with Crippen LogP contribution in [-0.4, -0.2) is 17.9 Å². The van der Waals surface area contributed by atoms with E-state index in [0.717, 1.165) is 12.3 Å². The third-order valence-corrected chi connectivity index (χ3v) is 1.54. The van der Waals surface area contributed by atoms with E-state index in [-0.39, 0.29) is 6.42 Å². The molecule has 0 aromatic rings. The zero-order chi connectivity index (χ0) is 8.48. The molecule has 1 aliphatic rings. The minimum absolute atomic E-state index is 0.235. The molecule has 0 aliphatic carbocycles. The second-order valence-electron chi connectivity index (χ2n) is 2.13. The Morgan fingerprint density at radius 3 is 2.55 bits per heavy atom. The van der Waals surface area contributed by atoms with Crippen molar-refractivity contribution in [2.24, 2.45) is 4.99 Å². The van der Waals surface area contributed by atoms with Crippen LogP contribution >= 0.6 is 11.6 Å². The van der Waals surface area contributed by atoms with E-state index in [2.05, 4.69) is 4.99 Å². The molecule has 11 heavy (non-hydrogen) atoms. The van der Waals surface area contributed by atoms with Crippen molar-refractivity contribution in [3.8, 4) is 0 Å². The molecule has 62 valence electrons. The molecule has 0 N–H and O–H groups in total. The Hall–Kier alpha value is -0.510. The van der Waals surface area contributed by atoms with E-state index in [9.17, 15) is 13.2 Å². The molecule has 1 atom stereocenters. The molecule has 0 saturated carbocycles. The minimum Gasteiger partial charge on any atom is -0.273 e. The number of dihydropyridines is 1. The number of allylic oxidation sites excluding steroid dienone is 1. The monoisotopic (exact) mass is 183 g/mol. The van der Waals surface area contributed by atoms with Crippen molar-refractivity contribution in [2.45, 2.75) is 18.1 Å². The molecule has 0 fully saturated rings. The van der Waals surface area contributed by atoms with Gasteiger partial charge >= 0.3 is 6.18 Å². The first-order chi connectivity index (χ1) is 5.00. The number of hydrogen-bond acceptors (Lipinski definition) is 1. The molecule has 0 amide bonds. The Labute approximate surface area is 66.6 Å². The SMILES string of the molecule is FC(F)(F)C1=CC=NC(Cl)C1. The molecule has 0 aromatic heterocycles. The third-order valence-electron chi connectivity index (χ3n) is 1.28. The van der Waals surface area contributed by atoms with E-state index in [0.29, 0.717) is 0 Å². The number of hydrogen-bond donors (Lipinski definition) is 0. The van der Waals surface area contributed by atoms with Crippen LogP contribution in [0.2, 0.25) is 0 Å². The first-order valence-electron chi connectivity index (χ1n) is 2.94. The zero-order valence-corrected chi connectivity index (χ0v) is 6.15. The van der Waals surface area contributed by atoms with Gasteiger partial charge in [0, 0.05) is 18.2 Å². The molecule has 1 nitrogen and oxygen atoms in total. The normalized spacial score (nSPS) is 25.1. The summed E-state index contributed by atoms with van der Waals surface area (Å²) in [4.78, 5) is 3.56. The van der Waals surface area contributed by atoms with Gasteiger partial charge in [0.05, 0.1) is 0 Å². The van der Waals surface area contributed by atoms with Gasteiger partial charge in [0.15, 0.2) is 0 Å². The highest BCUT2D eigenvalue weighted by molar-refractivity contribution is 6.21. The second kappa shape index (κ2) is 2.85. The van der Waals surface area contributed by atoms with E-state index in [1.807, 2.05) is 0 Å². The highest BCUT2D eigenvalue weighted by atomic mass is 35.5. The molecule has 0 aromatic carbocycles. The summed E-state index contributed by atoms with van der Waals surface area (Å²) in [6.07, 6.45) is -2.47. The predicted octanol–water partition coefficient (Wildman–Crippen LogP) is 2.51. The molecule has 0 radical (unpaired) electrons. The van der Waals surface area contributed by atoms with E-state index in [1.54, 1.807) is 0 Å². The molecule has 1 heterocycles. The van der Waals surface area contributed by atoms with Gasteiger partial charge in [0.1, 0.15) is 5.50 Å². The van der Waals surface area contributed by atoms with Crippen molar-refractivity contribution in [3.05, 3.63) is 11.6 Å². The number of rotatable bonds is 0. The molecule has 0 spiro atoms. The first-order valence-corrected chi connectivity index (χ1v) is 3.37. The Morgan fingerprint density at radius 2 is 2.18 bits per heavy atom. The van der Waals surface area contributed by atoms with Crippen LogP contribution < -0.4 is 0 Å². The van der Waals surface area contributed by atoms with Gasteiger partial charge in [-0.2, -0.15) is 13.2 Å². The van der Waals surface area contributed by atoms with Gasteiger partial charge < -0.3 is 0 Å². The molecule has 1 rings (SSSR count). The Balaban J connectivity index is 2.75. The summed E-state index contributed by atoms with van der Waals surface area (Å²) in [7, 11) is 0. The molecule has 1 aliphatic heterocycles. The maximum Gasteiger partial charge on any atom is 0.412 e. The molecule has 1 unspecified atom stereocenters. The lowest BCUT2D eigenvalue weighted by atomic mass is 10.1. The molecular formula is C6H5ClF3N. The molecule has 5 heteroatoms. The van der Waals surface area contributed by atoms with E-state index in [4.69, 9.17) is 11.6 Å². The van der Waals surface area contributed by atoms with Gasteiger partial charge in [-0.3, -0.25) is 4.99 Å². The Morgan fingerprint density at radius 1 is 1.55 bits per heavy atom. The van der Waals surface area contributed by atoms with Crippen LogP contribution in [0.5, 0.6) is 0 Å². The van der Waals surface area contributed by atoms with E-state index >= 15 is 0 Å². The molecular weight excluding hydrogens is 179 g/mol. The number of halogens is 4. The number of alkyl halides is 4. The first kappa shape index (κ1) is 8.59. The quantitative estimate of drug-likeness (QED) is 0.404. The van der Waals surface area contributed by atoms with Crippen LogP contribution in [0, 0.1) is 0 Å². The Kier molecular flexibility index (Phi) is 2.23. The van der Waals surface area contributed by atoms with Gasteiger partial charge in [-0.25, -0.2) is 0 Å². The van der Waals surface area contributed by atoms with Gasteiger partial charge in [-0.1, -0.05) is 11.6 Å². The summed E-state index contributed by atoms with van der Waals surface area (Å²) in [5.74, 6) is 0. The van der Waals surface area contributed by atoms with Gasteiger partial charge in [-0.05, 0) is 6.08 Å². The third kappa shape index (κ3) is 2.22. The maximum absolute atomic E-state index is 11.9. The van der Waals surface area contributed by atoms with Crippen molar-refractivity contribution < 1.29 is 13.2 Å². The summed E-state index contributed by atoms with van der Waals surface area (Å²) >= 11 is 5.38. The van der Waals surface area contributed by atoms with Crippen LogP contribution in [0.4, 0.5) is 13.2 Å². The van der Waals surface area contributed by atoms with E-state index in [1.165, 1.54) is 0 Å². The minimum atomic E-state index is -4.26. The fraction of sp³-hybridized carbons (Fsp3) is 0.500. The van der Waals surface area contributed by atoms with E-state index < -0.39 is 17.3 Å². The van der Waals surface area contributed by atoms with Crippen molar-refractivity contribution in [1.29, 1.82) is 0 Å². The summed E-state index contributed by atoms with van der Waals surface area (Å²) < 4.78 is 35.8. The van der Waals surface area contributed by atoms with Crippen LogP contribution in [0.3, 0.4) is 0 Å². The average molecular weight is 184 g/mol. The molecule has 0 saturated heterocycles. The highest BCUT2D eigenvalue weighted by Gasteiger charge is 2.34. The Bertz CT molecular complexity index is 206. The lowest BCUT2D eigenvalue weighted by molar-refractivity contribution is -0.0940. The predicted molar refractivity (Wildman–Crippen MR) is 36.9 cm³/mol. The second-order valence-corrected chi connectivity index (χ2v) is 2.63. The largest absolute Gasteiger partial charge is 0.412 e. The van der Waals surface area contributed by atoms with Crippen molar-refractivity contribution in [3.63, 3.8) is 0 Å². The number of aliphatic imine (C=N–C) groups is 1. The summed E-state index contributed by atoms with van der Waals surface area (Å²) in [5, 5.41) is 0. The number of nitrogens with zero attached hydrogens (tertiary/aromatic N) is 1. The van der Waals surface area contributed by atoms with Gasteiger partial charge in [0.25, 0.3) is 0 Å². The lowest BCUT2D eigenvalue weighted by Crippen LogP contribution is -2.17. The zero-order valence-electron chi connectivity index (χ0n) is 5.40. The van der Waals surface area contributed by atoms with Crippen LogP contribution in [0.1, 0.15) is 6.42 Å². The fourth-order valence-electron chi connectivity index (χ4n) is 0.739. The highest BCUT2D eigenvalue weighted by Crippen LogP contribution is 2.31. The average Bonchev–Trinajstić information content (AvgIpc) is 1.86. The summed E-state index contributed by atoms with van der Waals surface area (Å²) in [6, 6.07) is 0. The van der Waals surface area contributed by atoms with Crippen molar-refractivity contribution in [1.82, 2.24) is 0 Å². The van der Waals surface area contributed by atoms with Crippen molar-refractivity contribution >= 4 is 17.8 Å². The van der Waals surface area contributed by atoms with Crippen LogP contribution in [0.15, 0.2) is 16.6 Å². The fourth-order valence-corrected chi connectivity index (χ4v) is 0.970. The summed E-state index contributed by atoms with van der Waals surface area (Å²) in [5.41, 5.74) is -1.39. The lowest BCUT2D eigenvalue weighted by Gasteiger charge is -2.14. The van der Waals surface area contributed by atoms with Gasteiger partial charge in [-0.15, -0.1) is 0 Å². The van der Waals surface area contributed by atoms with Crippen LogP contribution in [-0.2, 0) is 0 Å². The van der Waals surface area contributed by atoms with Gasteiger partial charge in [0.2, 0.25) is 0 Å². The standard InChI is InChI=1S/C6H5ClF3N/c7-5-3-4(1-2-11-5)6(8,9)10/h1-2,5H,3H2.